The number of ether oxygens (including phenoxy) is 1. The molecule has 6 heteroatoms. The molecule has 1 aromatic rings. The van der Waals surface area contributed by atoms with Crippen molar-refractivity contribution in [2.24, 2.45) is 0 Å². The van der Waals surface area contributed by atoms with Gasteiger partial charge in [-0.05, 0) is 0 Å². The lowest BCUT2D eigenvalue weighted by atomic mass is 10.1. The Labute approximate surface area is 100 Å². The Kier molecular flexibility index (Phi) is 4.62. The van der Waals surface area contributed by atoms with E-state index >= 15 is 0 Å². The van der Waals surface area contributed by atoms with Crippen LogP contribution in [0.2, 0.25) is 0 Å². The van der Waals surface area contributed by atoms with E-state index in [4.69, 9.17) is 10.00 Å². The van der Waals surface area contributed by atoms with Crippen molar-refractivity contribution in [2.75, 3.05) is 7.11 Å². The number of nitrogens with zero attached hydrogens (tertiary/aromatic N) is 2. The van der Waals surface area contributed by atoms with E-state index in [-0.39, 0.29) is 23.0 Å². The maximum atomic E-state index is 12.9. The van der Waals surface area contributed by atoms with E-state index in [0.717, 1.165) is 0 Å². The molecule has 16 heavy (non-hydrogen) atoms. The second kappa shape index (κ2) is 5.75. The van der Waals surface area contributed by atoms with E-state index < -0.39 is 6.43 Å². The number of hydrogen-bond donors (Lipinski definition) is 0. The molecule has 1 heterocycles. The lowest BCUT2D eigenvalue weighted by Gasteiger charge is -2.13. The summed E-state index contributed by atoms with van der Waals surface area (Å²) in [4.78, 5) is 3.82. The van der Waals surface area contributed by atoms with Gasteiger partial charge in [0.1, 0.15) is 5.75 Å². The molecule has 0 amide bonds. The largest absolute Gasteiger partial charge is 0.495 e. The monoisotopic (exact) mass is 290 g/mol. The molecule has 0 saturated carbocycles. The van der Waals surface area contributed by atoms with Crippen molar-refractivity contribution in [3.8, 4) is 11.8 Å². The zero-order valence-corrected chi connectivity index (χ0v) is 10.1. The number of halogens is 3. The van der Waals surface area contributed by atoms with Crippen molar-refractivity contribution in [2.45, 2.75) is 18.2 Å². The van der Waals surface area contributed by atoms with Gasteiger partial charge < -0.3 is 4.74 Å². The fourth-order valence-corrected chi connectivity index (χ4v) is 1.96. The van der Waals surface area contributed by atoms with E-state index in [0.29, 0.717) is 11.3 Å². The van der Waals surface area contributed by atoms with Crippen LogP contribution in [0, 0.1) is 11.3 Å². The predicted molar refractivity (Wildman–Crippen MR) is 57.7 cm³/mol. The van der Waals surface area contributed by atoms with Crippen LogP contribution in [-0.4, -0.2) is 12.1 Å². The van der Waals surface area contributed by atoms with Crippen LogP contribution in [0.1, 0.15) is 23.2 Å². The maximum Gasteiger partial charge on any atom is 0.266 e. The zero-order chi connectivity index (χ0) is 12.1. The van der Waals surface area contributed by atoms with Gasteiger partial charge in [0.2, 0.25) is 0 Å². The topological polar surface area (TPSA) is 45.9 Å². The lowest BCUT2D eigenvalue weighted by molar-refractivity contribution is 0.148. The quantitative estimate of drug-likeness (QED) is 0.801. The van der Waals surface area contributed by atoms with Crippen LogP contribution in [0.3, 0.4) is 0 Å². The molecule has 0 aliphatic carbocycles. The maximum absolute atomic E-state index is 12.9. The van der Waals surface area contributed by atoms with Crippen LogP contribution >= 0.6 is 15.9 Å². The summed E-state index contributed by atoms with van der Waals surface area (Å²) in [6.07, 6.45) is -1.45. The van der Waals surface area contributed by atoms with Gasteiger partial charge in [0, 0.05) is 16.5 Å². The molecule has 3 nitrogen and oxygen atoms in total. The molecular weight excluding hydrogens is 282 g/mol. The van der Waals surface area contributed by atoms with Crippen molar-refractivity contribution >= 4 is 15.9 Å². The van der Waals surface area contributed by atoms with Crippen LogP contribution < -0.4 is 4.74 Å². The van der Waals surface area contributed by atoms with E-state index in [2.05, 4.69) is 20.9 Å². The molecule has 0 fully saturated rings. The van der Waals surface area contributed by atoms with Crippen molar-refractivity contribution < 1.29 is 13.5 Å². The van der Waals surface area contributed by atoms with Crippen molar-refractivity contribution in [1.29, 1.82) is 5.26 Å². The summed E-state index contributed by atoms with van der Waals surface area (Å²) in [7, 11) is 1.39. The second-order valence-corrected chi connectivity index (χ2v) is 3.50. The average Bonchev–Trinajstić information content (AvgIpc) is 2.28. The normalized spacial score (nSPS) is 10.2. The Bertz CT molecular complexity index is 418. The van der Waals surface area contributed by atoms with E-state index in [1.54, 1.807) is 0 Å². The van der Waals surface area contributed by atoms with Gasteiger partial charge >= 0.3 is 0 Å². The molecule has 1 aromatic heterocycles. The minimum Gasteiger partial charge on any atom is -0.495 e. The number of alkyl halides is 3. The number of pyridine rings is 1. The lowest BCUT2D eigenvalue weighted by Crippen LogP contribution is -2.04. The van der Waals surface area contributed by atoms with Gasteiger partial charge in [-0.25, -0.2) is 8.78 Å². The first kappa shape index (κ1) is 12.8. The van der Waals surface area contributed by atoms with Gasteiger partial charge in [-0.15, -0.1) is 0 Å². The molecule has 0 N–H and O–H groups in total. The third kappa shape index (κ3) is 2.47. The van der Waals surface area contributed by atoms with Gasteiger partial charge in [0.25, 0.3) is 6.43 Å². The second-order valence-electron chi connectivity index (χ2n) is 2.93. The molecule has 0 unspecified atom stereocenters. The highest BCUT2D eigenvalue weighted by Crippen LogP contribution is 2.33. The molecular formula is C10H9BrF2N2O. The van der Waals surface area contributed by atoms with Crippen LogP contribution in [0.25, 0.3) is 0 Å². The van der Waals surface area contributed by atoms with Gasteiger partial charge in [-0.2, -0.15) is 5.26 Å². The molecule has 0 radical (unpaired) electrons. The molecule has 0 aromatic carbocycles. The molecule has 0 saturated heterocycles. The molecule has 1 rings (SSSR count). The van der Waals surface area contributed by atoms with Crippen molar-refractivity contribution in [3.63, 3.8) is 0 Å². The summed E-state index contributed by atoms with van der Waals surface area (Å²) < 4.78 is 30.7. The van der Waals surface area contributed by atoms with Crippen molar-refractivity contribution in [1.82, 2.24) is 4.98 Å². The first-order valence-corrected chi connectivity index (χ1v) is 5.53. The third-order valence-electron chi connectivity index (χ3n) is 2.09. The molecule has 0 aliphatic rings. The van der Waals surface area contributed by atoms with Crippen LogP contribution in [0.4, 0.5) is 8.78 Å². The molecule has 0 aliphatic heterocycles. The Morgan fingerprint density at radius 2 is 2.31 bits per heavy atom. The Morgan fingerprint density at radius 1 is 1.62 bits per heavy atom. The Morgan fingerprint density at radius 3 is 2.75 bits per heavy atom. The minimum absolute atomic E-state index is 0.104. The van der Waals surface area contributed by atoms with E-state index in [1.165, 1.54) is 13.3 Å². The number of hydrogen-bond acceptors (Lipinski definition) is 3. The van der Waals surface area contributed by atoms with Crippen LogP contribution in [0.5, 0.6) is 5.75 Å². The first-order valence-electron chi connectivity index (χ1n) is 4.41. The van der Waals surface area contributed by atoms with Gasteiger partial charge in [-0.3, -0.25) is 4.98 Å². The van der Waals surface area contributed by atoms with Gasteiger partial charge in [0.05, 0.1) is 31.5 Å². The first-order chi connectivity index (χ1) is 7.65. The van der Waals surface area contributed by atoms with E-state index in [9.17, 15) is 8.78 Å². The summed E-state index contributed by atoms with van der Waals surface area (Å²) >= 11 is 3.13. The number of nitriles is 1. The summed E-state index contributed by atoms with van der Waals surface area (Å²) in [5, 5.41) is 8.77. The fraction of sp³-hybridized carbons (Fsp3) is 0.400. The number of aromatic nitrogens is 1. The predicted octanol–water partition coefficient (Wildman–Crippen LogP) is 2.99. The SMILES string of the molecule is COc1cnc(CC#N)c(C(F)F)c1CBr. The molecule has 86 valence electrons. The van der Waals surface area contributed by atoms with E-state index in [1.807, 2.05) is 6.07 Å². The third-order valence-corrected chi connectivity index (χ3v) is 2.65. The molecule has 0 bridgehead atoms. The Balaban J connectivity index is 3.39. The average molecular weight is 291 g/mol. The minimum atomic E-state index is -2.67. The number of methoxy groups -OCH3 is 1. The highest BCUT2D eigenvalue weighted by Gasteiger charge is 2.21. The summed E-state index contributed by atoms with van der Waals surface area (Å²) in [6.45, 7) is 0. The smallest absolute Gasteiger partial charge is 0.266 e. The molecule has 0 spiro atoms. The fourth-order valence-electron chi connectivity index (χ4n) is 1.38. The van der Waals surface area contributed by atoms with Gasteiger partial charge in [-0.1, -0.05) is 15.9 Å². The summed E-state index contributed by atoms with van der Waals surface area (Å²) in [5.74, 6) is 0.300. The van der Waals surface area contributed by atoms with Crippen LogP contribution in [-0.2, 0) is 11.8 Å². The Hall–Kier alpha value is -1.22. The summed E-state index contributed by atoms with van der Waals surface area (Å²) in [5.41, 5.74) is 0.239. The van der Waals surface area contributed by atoms with Crippen LogP contribution in [0.15, 0.2) is 6.20 Å². The highest BCUT2D eigenvalue weighted by atomic mass is 79.9. The zero-order valence-electron chi connectivity index (χ0n) is 8.51. The summed E-state index contributed by atoms with van der Waals surface area (Å²) in [6, 6.07) is 1.82. The highest BCUT2D eigenvalue weighted by molar-refractivity contribution is 9.08. The standard InChI is InChI=1S/C10H9BrF2N2O/c1-16-8-5-15-7(2-3-14)9(10(12)13)6(8)4-11/h5,10H,2,4H2,1H3. The van der Waals surface area contributed by atoms with Gasteiger partial charge in [0.15, 0.2) is 0 Å². The number of rotatable bonds is 4. The van der Waals surface area contributed by atoms with Crippen molar-refractivity contribution in [3.05, 3.63) is 23.0 Å². The molecule has 0 atom stereocenters.